The zero-order chi connectivity index (χ0) is 12.3. The van der Waals surface area contributed by atoms with Crippen LogP contribution in [0.15, 0.2) is 0 Å². The molecule has 1 heterocycles. The van der Waals surface area contributed by atoms with Crippen molar-refractivity contribution in [1.29, 1.82) is 0 Å². The Labute approximate surface area is 90.6 Å². The van der Waals surface area contributed by atoms with Crippen LogP contribution in [0, 0.1) is 5.92 Å². The van der Waals surface area contributed by atoms with Gasteiger partial charge in [-0.25, -0.2) is 0 Å². The summed E-state index contributed by atoms with van der Waals surface area (Å²) < 4.78 is 36.4. The van der Waals surface area contributed by atoms with E-state index in [1.807, 2.05) is 0 Å². The zero-order valence-electron chi connectivity index (χ0n) is 8.59. The van der Waals surface area contributed by atoms with Crippen molar-refractivity contribution >= 4 is 11.7 Å². The molecule has 0 aromatic rings. The van der Waals surface area contributed by atoms with Crippen molar-refractivity contribution in [2.24, 2.45) is 11.7 Å². The number of carbonyl (C=O) groups excluding carboxylic acids is 2. The number of carbonyl (C=O) groups is 2. The molecule has 1 fully saturated rings. The number of nitrogens with zero attached hydrogens (tertiary/aromatic N) is 1. The third kappa shape index (κ3) is 2.94. The molecule has 1 saturated heterocycles. The first kappa shape index (κ1) is 13.0. The number of rotatable bonds is 2. The second kappa shape index (κ2) is 4.82. The van der Waals surface area contributed by atoms with Gasteiger partial charge in [0, 0.05) is 19.0 Å². The fourth-order valence-corrected chi connectivity index (χ4v) is 1.77. The Morgan fingerprint density at radius 1 is 1.38 bits per heavy atom. The molecule has 1 rings (SSSR count). The van der Waals surface area contributed by atoms with Gasteiger partial charge in [-0.05, 0) is 12.8 Å². The first-order valence-electron chi connectivity index (χ1n) is 4.95. The highest BCUT2D eigenvalue weighted by Gasteiger charge is 2.44. The topological polar surface area (TPSA) is 63.4 Å². The molecule has 0 saturated carbocycles. The van der Waals surface area contributed by atoms with E-state index in [0.717, 1.165) is 0 Å². The average molecular weight is 238 g/mol. The smallest absolute Gasteiger partial charge is 0.334 e. The van der Waals surface area contributed by atoms with Crippen molar-refractivity contribution in [3.63, 3.8) is 0 Å². The molecule has 0 radical (unpaired) electrons. The number of ketones is 1. The van der Waals surface area contributed by atoms with E-state index in [1.54, 1.807) is 0 Å². The van der Waals surface area contributed by atoms with Gasteiger partial charge >= 0.3 is 12.1 Å². The van der Waals surface area contributed by atoms with E-state index in [-0.39, 0.29) is 25.4 Å². The Kier molecular flexibility index (Phi) is 3.90. The number of alkyl halides is 3. The van der Waals surface area contributed by atoms with Crippen LogP contribution in [0.5, 0.6) is 0 Å². The van der Waals surface area contributed by atoms with Gasteiger partial charge in [0.25, 0.3) is 0 Å². The van der Waals surface area contributed by atoms with E-state index in [0.29, 0.717) is 17.7 Å². The molecule has 2 N–H and O–H groups in total. The van der Waals surface area contributed by atoms with Crippen LogP contribution in [0.3, 0.4) is 0 Å². The summed E-state index contributed by atoms with van der Waals surface area (Å²) in [6, 6.07) is 0. The molecule has 1 unspecified atom stereocenters. The van der Waals surface area contributed by atoms with Crippen LogP contribution in [-0.4, -0.2) is 42.4 Å². The van der Waals surface area contributed by atoms with E-state index in [4.69, 9.17) is 5.73 Å². The lowest BCUT2D eigenvalue weighted by atomic mass is 9.94. The molecule has 1 aliphatic heterocycles. The lowest BCUT2D eigenvalue weighted by molar-refractivity contribution is -0.187. The summed E-state index contributed by atoms with van der Waals surface area (Å²) in [4.78, 5) is 22.9. The summed E-state index contributed by atoms with van der Waals surface area (Å²) in [6.45, 7) is -0.320. The minimum absolute atomic E-state index is 0.0483. The monoisotopic (exact) mass is 238 g/mol. The van der Waals surface area contributed by atoms with Crippen molar-refractivity contribution in [1.82, 2.24) is 4.90 Å². The van der Waals surface area contributed by atoms with Crippen molar-refractivity contribution in [3.05, 3.63) is 0 Å². The molecule has 0 bridgehead atoms. The first-order chi connectivity index (χ1) is 7.36. The summed E-state index contributed by atoms with van der Waals surface area (Å²) in [5.74, 6) is -2.72. The Morgan fingerprint density at radius 3 is 2.50 bits per heavy atom. The number of piperidine rings is 1. The van der Waals surface area contributed by atoms with Gasteiger partial charge < -0.3 is 10.6 Å². The van der Waals surface area contributed by atoms with E-state index >= 15 is 0 Å². The molecule has 1 atom stereocenters. The van der Waals surface area contributed by atoms with Gasteiger partial charge in [0.2, 0.25) is 0 Å². The third-order valence-corrected chi connectivity index (χ3v) is 2.61. The molecule has 0 spiro atoms. The molecule has 16 heavy (non-hydrogen) atoms. The van der Waals surface area contributed by atoms with E-state index < -0.39 is 18.0 Å². The van der Waals surface area contributed by atoms with Crippen molar-refractivity contribution in [2.75, 3.05) is 19.6 Å². The quantitative estimate of drug-likeness (QED) is 0.753. The maximum absolute atomic E-state index is 12.1. The van der Waals surface area contributed by atoms with Crippen molar-refractivity contribution < 1.29 is 22.8 Å². The van der Waals surface area contributed by atoms with Gasteiger partial charge in [-0.2, -0.15) is 13.2 Å². The zero-order valence-corrected chi connectivity index (χ0v) is 8.59. The average Bonchev–Trinajstić information content (AvgIpc) is 2.26. The van der Waals surface area contributed by atoms with Crippen LogP contribution in [0.25, 0.3) is 0 Å². The third-order valence-electron chi connectivity index (χ3n) is 2.61. The highest BCUT2D eigenvalue weighted by molar-refractivity contribution is 5.85. The second-order valence-electron chi connectivity index (χ2n) is 3.76. The predicted molar refractivity (Wildman–Crippen MR) is 49.4 cm³/mol. The molecule has 0 aliphatic carbocycles. The van der Waals surface area contributed by atoms with Crippen molar-refractivity contribution in [3.8, 4) is 0 Å². The number of Topliss-reactive ketones (excluding diaryl/α,β-unsaturated/α-hetero) is 1. The van der Waals surface area contributed by atoms with E-state index in [1.165, 1.54) is 0 Å². The van der Waals surface area contributed by atoms with Crippen LogP contribution in [0.1, 0.15) is 12.8 Å². The van der Waals surface area contributed by atoms with Gasteiger partial charge in [0.15, 0.2) is 5.78 Å². The number of halogens is 3. The van der Waals surface area contributed by atoms with E-state index in [9.17, 15) is 22.8 Å². The van der Waals surface area contributed by atoms with E-state index in [2.05, 4.69) is 0 Å². The Bertz CT molecular complexity index is 291. The minimum Gasteiger partial charge on any atom is -0.334 e. The predicted octanol–water partition coefficient (Wildman–Crippen LogP) is 0.315. The van der Waals surface area contributed by atoms with Crippen LogP contribution < -0.4 is 5.73 Å². The summed E-state index contributed by atoms with van der Waals surface area (Å²) in [5, 5.41) is 0. The molecular weight excluding hydrogens is 225 g/mol. The summed E-state index contributed by atoms with van der Waals surface area (Å²) in [5.41, 5.74) is 5.14. The molecule has 4 nitrogen and oxygen atoms in total. The molecule has 1 amide bonds. The number of amides is 1. The Morgan fingerprint density at radius 2 is 2.00 bits per heavy atom. The lowest BCUT2D eigenvalue weighted by Crippen LogP contribution is -2.48. The SMILES string of the molecule is NCC(=O)C1CCCN(C(=O)C(F)(F)F)C1. The van der Waals surface area contributed by atoms with Crippen LogP contribution >= 0.6 is 0 Å². The van der Waals surface area contributed by atoms with Gasteiger partial charge in [-0.15, -0.1) is 0 Å². The molecule has 1 aliphatic rings. The standard InChI is InChI=1S/C9H13F3N2O2/c10-9(11,12)8(16)14-3-1-2-6(5-14)7(15)4-13/h6H,1-5,13H2. The fraction of sp³-hybridized carbons (Fsp3) is 0.778. The highest BCUT2D eigenvalue weighted by Crippen LogP contribution is 2.23. The van der Waals surface area contributed by atoms with Crippen molar-refractivity contribution in [2.45, 2.75) is 19.0 Å². The summed E-state index contributed by atoms with van der Waals surface area (Å²) in [7, 11) is 0. The number of nitrogens with two attached hydrogens (primary N) is 1. The summed E-state index contributed by atoms with van der Waals surface area (Å²) in [6.07, 6.45) is -3.97. The first-order valence-corrected chi connectivity index (χ1v) is 4.95. The minimum atomic E-state index is -4.87. The normalized spacial score (nSPS) is 22.0. The number of likely N-dealkylation sites (tertiary alicyclic amines) is 1. The molecular formula is C9H13F3N2O2. The molecule has 0 aromatic heterocycles. The maximum Gasteiger partial charge on any atom is 0.471 e. The number of hydrogen-bond donors (Lipinski definition) is 1. The van der Waals surface area contributed by atoms with Gasteiger partial charge in [-0.1, -0.05) is 0 Å². The van der Waals surface area contributed by atoms with Gasteiger partial charge in [0.1, 0.15) is 0 Å². The lowest BCUT2D eigenvalue weighted by Gasteiger charge is -2.32. The maximum atomic E-state index is 12.1. The largest absolute Gasteiger partial charge is 0.471 e. The van der Waals surface area contributed by atoms with Crippen LogP contribution in [0.4, 0.5) is 13.2 Å². The van der Waals surface area contributed by atoms with Crippen LogP contribution in [0.2, 0.25) is 0 Å². The second-order valence-corrected chi connectivity index (χ2v) is 3.76. The number of hydrogen-bond acceptors (Lipinski definition) is 3. The molecule has 0 aromatic carbocycles. The summed E-state index contributed by atoms with van der Waals surface area (Å²) >= 11 is 0. The molecule has 92 valence electrons. The van der Waals surface area contributed by atoms with Gasteiger partial charge in [-0.3, -0.25) is 9.59 Å². The van der Waals surface area contributed by atoms with Crippen LogP contribution in [-0.2, 0) is 9.59 Å². The Balaban J connectivity index is 2.64. The fourth-order valence-electron chi connectivity index (χ4n) is 1.77. The molecule has 7 heteroatoms. The van der Waals surface area contributed by atoms with Gasteiger partial charge in [0.05, 0.1) is 6.54 Å². The highest BCUT2D eigenvalue weighted by atomic mass is 19.4. The Hall–Kier alpha value is -1.11.